The first-order valence-corrected chi connectivity index (χ1v) is 7.67. The second-order valence-corrected chi connectivity index (χ2v) is 6.04. The predicted molar refractivity (Wildman–Crippen MR) is 84.6 cm³/mol. The highest BCUT2D eigenvalue weighted by atomic mass is 16.3. The molecule has 0 unspecified atom stereocenters. The first-order valence-electron chi connectivity index (χ1n) is 7.67. The molecule has 2 N–H and O–H groups in total. The molecule has 2 aromatic rings. The molecule has 0 bridgehead atoms. The molecular formula is C18H20N2O. The zero-order chi connectivity index (χ0) is 14.2. The van der Waals surface area contributed by atoms with Gasteiger partial charge in [-0.3, -0.25) is 4.90 Å². The van der Waals surface area contributed by atoms with Crippen molar-refractivity contribution in [1.29, 1.82) is 0 Å². The largest absolute Gasteiger partial charge is 0.508 e. The summed E-state index contributed by atoms with van der Waals surface area (Å²) < 4.78 is 0. The molecule has 4 rings (SSSR count). The summed E-state index contributed by atoms with van der Waals surface area (Å²) in [5, 5.41) is 13.2. The van der Waals surface area contributed by atoms with Gasteiger partial charge in [0.15, 0.2) is 0 Å². The Balaban J connectivity index is 1.56. The number of fused-ring (bicyclic) bond motifs is 2. The number of para-hydroxylation sites is 1. The first kappa shape index (κ1) is 12.7. The summed E-state index contributed by atoms with van der Waals surface area (Å²) in [4.78, 5) is 2.47. The van der Waals surface area contributed by atoms with Crippen LogP contribution < -0.4 is 5.32 Å². The Morgan fingerprint density at radius 1 is 1.05 bits per heavy atom. The van der Waals surface area contributed by atoms with Crippen LogP contribution in [0.15, 0.2) is 36.4 Å². The van der Waals surface area contributed by atoms with Gasteiger partial charge in [0.25, 0.3) is 0 Å². The Morgan fingerprint density at radius 2 is 2.00 bits per heavy atom. The molecular weight excluding hydrogens is 260 g/mol. The number of nitrogens with zero attached hydrogens (tertiary/aromatic N) is 1. The lowest BCUT2D eigenvalue weighted by Crippen LogP contribution is -2.30. The van der Waals surface area contributed by atoms with Crippen LogP contribution in [-0.4, -0.2) is 23.1 Å². The number of rotatable bonds is 2. The molecule has 2 aliphatic heterocycles. The molecule has 0 saturated carbocycles. The van der Waals surface area contributed by atoms with E-state index in [0.29, 0.717) is 5.75 Å². The summed E-state index contributed by atoms with van der Waals surface area (Å²) in [6.45, 7) is 4.04. The van der Waals surface area contributed by atoms with E-state index < -0.39 is 0 Å². The summed E-state index contributed by atoms with van der Waals surface area (Å²) in [6.07, 6.45) is 2.21. The molecule has 2 aromatic carbocycles. The number of benzene rings is 2. The second-order valence-electron chi connectivity index (χ2n) is 6.04. The number of nitrogens with one attached hydrogen (secondary N) is 1. The van der Waals surface area contributed by atoms with Crippen molar-refractivity contribution < 1.29 is 5.11 Å². The van der Waals surface area contributed by atoms with Crippen molar-refractivity contribution in [3.63, 3.8) is 0 Å². The van der Waals surface area contributed by atoms with Gasteiger partial charge in [0, 0.05) is 31.9 Å². The smallest absolute Gasteiger partial charge is 0.115 e. The Morgan fingerprint density at radius 3 is 2.95 bits per heavy atom. The minimum absolute atomic E-state index is 0.373. The fourth-order valence-electron chi connectivity index (χ4n) is 3.52. The summed E-state index contributed by atoms with van der Waals surface area (Å²) in [5.41, 5.74) is 6.83. The van der Waals surface area contributed by atoms with Gasteiger partial charge in [0.1, 0.15) is 5.75 Å². The summed E-state index contributed by atoms with van der Waals surface area (Å²) in [6, 6.07) is 12.4. The Labute approximate surface area is 125 Å². The lowest BCUT2D eigenvalue weighted by molar-refractivity contribution is 0.245. The quantitative estimate of drug-likeness (QED) is 0.888. The van der Waals surface area contributed by atoms with E-state index in [9.17, 15) is 5.11 Å². The maximum absolute atomic E-state index is 9.66. The van der Waals surface area contributed by atoms with E-state index >= 15 is 0 Å². The molecule has 2 aliphatic rings. The average molecular weight is 280 g/mol. The highest BCUT2D eigenvalue weighted by Crippen LogP contribution is 2.29. The molecule has 0 spiro atoms. The molecule has 108 valence electrons. The van der Waals surface area contributed by atoms with Crippen LogP contribution in [0.4, 0.5) is 5.69 Å². The number of phenolic OH excluding ortho intramolecular Hbond substituents is 1. The van der Waals surface area contributed by atoms with Crippen LogP contribution in [0, 0.1) is 0 Å². The van der Waals surface area contributed by atoms with E-state index in [0.717, 1.165) is 39.0 Å². The van der Waals surface area contributed by atoms with Crippen LogP contribution in [-0.2, 0) is 25.9 Å². The topological polar surface area (TPSA) is 35.5 Å². The molecule has 0 amide bonds. The molecule has 3 nitrogen and oxygen atoms in total. The van der Waals surface area contributed by atoms with Gasteiger partial charge in [0.05, 0.1) is 0 Å². The highest BCUT2D eigenvalue weighted by molar-refractivity contribution is 5.61. The van der Waals surface area contributed by atoms with Gasteiger partial charge >= 0.3 is 0 Å². The fourth-order valence-corrected chi connectivity index (χ4v) is 3.52. The van der Waals surface area contributed by atoms with E-state index in [-0.39, 0.29) is 0 Å². The van der Waals surface area contributed by atoms with Crippen LogP contribution in [0.25, 0.3) is 0 Å². The summed E-state index contributed by atoms with van der Waals surface area (Å²) in [7, 11) is 0. The van der Waals surface area contributed by atoms with E-state index in [1.807, 2.05) is 6.07 Å². The maximum Gasteiger partial charge on any atom is 0.115 e. The van der Waals surface area contributed by atoms with Crippen molar-refractivity contribution in [2.24, 2.45) is 0 Å². The zero-order valence-corrected chi connectivity index (χ0v) is 12.1. The van der Waals surface area contributed by atoms with Crippen molar-refractivity contribution >= 4 is 5.69 Å². The van der Waals surface area contributed by atoms with Crippen molar-refractivity contribution in [3.05, 3.63) is 58.7 Å². The van der Waals surface area contributed by atoms with E-state index in [1.165, 1.54) is 27.9 Å². The third kappa shape index (κ3) is 2.38. The molecule has 21 heavy (non-hydrogen) atoms. The van der Waals surface area contributed by atoms with Crippen molar-refractivity contribution in [1.82, 2.24) is 4.90 Å². The number of anilines is 1. The van der Waals surface area contributed by atoms with Gasteiger partial charge in [0.2, 0.25) is 0 Å². The van der Waals surface area contributed by atoms with Crippen LogP contribution in [0.5, 0.6) is 5.75 Å². The SMILES string of the molecule is Oc1ccc2c(c1)CN(Cc1cccc3c1NCC3)CC2. The molecule has 0 saturated heterocycles. The van der Waals surface area contributed by atoms with Crippen molar-refractivity contribution in [2.45, 2.75) is 25.9 Å². The van der Waals surface area contributed by atoms with Crippen molar-refractivity contribution in [3.8, 4) is 5.75 Å². The van der Waals surface area contributed by atoms with Gasteiger partial charge < -0.3 is 10.4 Å². The van der Waals surface area contributed by atoms with E-state index in [4.69, 9.17) is 0 Å². The van der Waals surface area contributed by atoms with E-state index in [2.05, 4.69) is 34.5 Å². The first-order chi connectivity index (χ1) is 10.3. The predicted octanol–water partition coefficient (Wildman–Crippen LogP) is 2.92. The van der Waals surface area contributed by atoms with Gasteiger partial charge in [-0.1, -0.05) is 24.3 Å². The van der Waals surface area contributed by atoms with E-state index in [1.54, 1.807) is 6.07 Å². The number of hydrogen-bond acceptors (Lipinski definition) is 3. The Bertz CT molecular complexity index is 681. The van der Waals surface area contributed by atoms with Gasteiger partial charge in [-0.25, -0.2) is 0 Å². The molecule has 3 heteroatoms. The maximum atomic E-state index is 9.66. The summed E-state index contributed by atoms with van der Waals surface area (Å²) in [5.74, 6) is 0.373. The minimum Gasteiger partial charge on any atom is -0.508 e. The third-order valence-electron chi connectivity index (χ3n) is 4.61. The Kier molecular flexibility index (Phi) is 3.08. The number of hydrogen-bond donors (Lipinski definition) is 2. The number of aromatic hydroxyl groups is 1. The second kappa shape index (κ2) is 5.08. The molecule has 0 aromatic heterocycles. The standard InChI is InChI=1S/C18H20N2O/c21-17-5-4-13-7-9-20(12-16(13)10-17)11-15-3-1-2-14-6-8-19-18(14)15/h1-5,10,19,21H,6-9,11-12H2. The van der Waals surface area contributed by atoms with Crippen LogP contribution in [0.2, 0.25) is 0 Å². The third-order valence-corrected chi connectivity index (χ3v) is 4.61. The number of phenols is 1. The van der Waals surface area contributed by atoms with Crippen LogP contribution in [0.3, 0.4) is 0 Å². The molecule has 0 aliphatic carbocycles. The van der Waals surface area contributed by atoms with Crippen LogP contribution >= 0.6 is 0 Å². The minimum atomic E-state index is 0.373. The molecule has 2 heterocycles. The van der Waals surface area contributed by atoms with Gasteiger partial charge in [-0.05, 0) is 47.2 Å². The normalized spacial score (nSPS) is 17.1. The van der Waals surface area contributed by atoms with Crippen molar-refractivity contribution in [2.75, 3.05) is 18.4 Å². The van der Waals surface area contributed by atoms with Gasteiger partial charge in [-0.15, -0.1) is 0 Å². The van der Waals surface area contributed by atoms with Gasteiger partial charge in [-0.2, -0.15) is 0 Å². The molecule has 0 atom stereocenters. The lowest BCUT2D eigenvalue weighted by atomic mass is 9.98. The monoisotopic (exact) mass is 280 g/mol. The lowest BCUT2D eigenvalue weighted by Gasteiger charge is -2.29. The highest BCUT2D eigenvalue weighted by Gasteiger charge is 2.19. The fraction of sp³-hybridized carbons (Fsp3) is 0.333. The summed E-state index contributed by atoms with van der Waals surface area (Å²) >= 11 is 0. The molecule has 0 radical (unpaired) electrons. The average Bonchev–Trinajstić information content (AvgIpc) is 2.96. The zero-order valence-electron chi connectivity index (χ0n) is 12.1. The Hall–Kier alpha value is -2.00. The van der Waals surface area contributed by atoms with Crippen LogP contribution in [0.1, 0.15) is 22.3 Å². The molecule has 0 fully saturated rings.